The van der Waals surface area contributed by atoms with E-state index < -0.39 is 103 Å². The molecule has 0 spiro atoms. The van der Waals surface area contributed by atoms with E-state index in [1.165, 1.54) is 19.9 Å². The molecular formula is C46H46Cl2F4N8O10S2. The van der Waals surface area contributed by atoms with Crippen LogP contribution in [0.2, 0.25) is 10.0 Å². The molecule has 72 heavy (non-hydrogen) atoms. The van der Waals surface area contributed by atoms with Crippen molar-refractivity contribution in [3.8, 4) is 12.1 Å². The van der Waals surface area contributed by atoms with Crippen molar-refractivity contribution in [3.05, 3.63) is 115 Å². The summed E-state index contributed by atoms with van der Waals surface area (Å²) in [5, 5.41) is 19.9. The lowest BCUT2D eigenvalue weighted by Gasteiger charge is -2.33. The first-order valence-corrected chi connectivity index (χ1v) is 26.0. The highest BCUT2D eigenvalue weighted by Gasteiger charge is 2.34. The smallest absolute Gasteiger partial charge is 0.340 e. The summed E-state index contributed by atoms with van der Waals surface area (Å²) >= 11 is 11.7. The van der Waals surface area contributed by atoms with Gasteiger partial charge in [0.25, 0.3) is 12.9 Å². The van der Waals surface area contributed by atoms with E-state index in [4.69, 9.17) is 32.7 Å². The number of anilines is 2. The first-order chi connectivity index (χ1) is 34.1. The number of esters is 2. The second kappa shape index (κ2) is 25.2. The number of pyridine rings is 2. The number of hydrogen-bond acceptors (Lipinski definition) is 16. The molecule has 2 N–H and O–H groups in total. The second-order valence-electron chi connectivity index (χ2n) is 16.1. The molecule has 26 heteroatoms. The van der Waals surface area contributed by atoms with E-state index in [1.807, 2.05) is 12.1 Å². The van der Waals surface area contributed by atoms with Crippen LogP contribution in [0, 0.1) is 34.5 Å². The lowest BCUT2D eigenvalue weighted by molar-refractivity contribution is -0.124. The summed E-state index contributed by atoms with van der Waals surface area (Å²) in [7, 11) is -7.91. The molecular weight excluding hydrogens is 1040 g/mol. The van der Waals surface area contributed by atoms with Gasteiger partial charge in [0.1, 0.15) is 35.2 Å². The highest BCUT2D eigenvalue weighted by Crippen LogP contribution is 2.33. The van der Waals surface area contributed by atoms with Crippen LogP contribution in [0.4, 0.5) is 29.2 Å². The Morgan fingerprint density at radius 3 is 1.42 bits per heavy atom. The molecule has 0 atom stereocenters. The maximum absolute atomic E-state index is 13.6. The van der Waals surface area contributed by atoms with E-state index >= 15 is 0 Å². The van der Waals surface area contributed by atoms with Crippen molar-refractivity contribution in [1.82, 2.24) is 19.4 Å². The lowest BCUT2D eigenvalue weighted by atomic mass is 9.96. The van der Waals surface area contributed by atoms with Gasteiger partial charge in [-0.3, -0.25) is 19.0 Å². The van der Waals surface area contributed by atoms with Crippen LogP contribution < -0.4 is 19.2 Å². The summed E-state index contributed by atoms with van der Waals surface area (Å²) in [5.41, 5.74) is -1.84. The third-order valence-corrected chi connectivity index (χ3v) is 14.0. The fraction of sp³-hybridized carbons (Fsp3) is 0.391. The zero-order chi connectivity index (χ0) is 52.9. The van der Waals surface area contributed by atoms with Crippen molar-refractivity contribution < 1.29 is 63.0 Å². The number of piperidine rings is 2. The van der Waals surface area contributed by atoms with Crippen molar-refractivity contribution >= 4 is 78.6 Å². The maximum Gasteiger partial charge on any atom is 0.340 e. The number of hydrogen-bond donors (Lipinski definition) is 2. The summed E-state index contributed by atoms with van der Waals surface area (Å²) in [6.07, 6.45) is -5.34. The van der Waals surface area contributed by atoms with Crippen LogP contribution in [0.5, 0.6) is 0 Å². The number of ether oxygens (including phenoxy) is 2. The van der Waals surface area contributed by atoms with Gasteiger partial charge >= 0.3 is 11.9 Å². The van der Waals surface area contributed by atoms with Crippen molar-refractivity contribution in [1.29, 1.82) is 10.5 Å². The average Bonchev–Trinajstić information content (AvgIpc) is 3.33. The number of carbonyl (C=O) groups excluding carboxylic acids is 4. The van der Waals surface area contributed by atoms with Crippen LogP contribution in [0.25, 0.3) is 0 Å². The molecule has 2 aliphatic heterocycles. The maximum atomic E-state index is 13.6. The third kappa shape index (κ3) is 15.2. The van der Waals surface area contributed by atoms with E-state index in [1.54, 1.807) is 52.3 Å². The summed E-state index contributed by atoms with van der Waals surface area (Å²) in [4.78, 5) is 60.3. The number of rotatable bonds is 16. The molecule has 0 unspecified atom stereocenters. The molecule has 4 aromatic rings. The number of nitrogens with one attached hydrogen (secondary N) is 2. The van der Waals surface area contributed by atoms with E-state index in [2.05, 4.69) is 19.4 Å². The highest BCUT2D eigenvalue weighted by molar-refractivity contribution is 7.89. The Morgan fingerprint density at radius 2 is 1.06 bits per heavy atom. The Hall–Kier alpha value is -6.60. The van der Waals surface area contributed by atoms with Crippen molar-refractivity contribution in [2.45, 2.75) is 63.9 Å². The van der Waals surface area contributed by atoms with Gasteiger partial charge in [-0.25, -0.2) is 54.0 Å². The predicted molar refractivity (Wildman–Crippen MR) is 254 cm³/mol. The molecule has 2 aromatic heterocycles. The molecule has 0 radical (unpaired) electrons. The average molecular weight is 1080 g/mol. The van der Waals surface area contributed by atoms with Gasteiger partial charge in [-0.1, -0.05) is 47.5 Å². The molecule has 2 aromatic carbocycles. The number of sulfonamides is 2. The largest absolute Gasteiger partial charge is 0.462 e. The Morgan fingerprint density at radius 1 is 0.653 bits per heavy atom. The number of nitrogens with zero attached hydrogens (tertiary/aromatic N) is 6. The molecule has 4 heterocycles. The Bertz CT molecular complexity index is 2960. The summed E-state index contributed by atoms with van der Waals surface area (Å²) in [6.45, 7) is 3.64. The fourth-order valence-corrected chi connectivity index (χ4v) is 10.3. The number of amides is 2. The standard InChI is InChI=1S/2C23H23ClF2N4O5S/c1-2-35-23(32)18-11-16(12-27)21(28-19(18)20(25)26)30-9-7-15(8-10-30)22(31)29-36(33,34)13-14-3-5-17(24)6-4-14;1-2-35-23(32)18-11-16(12-27)21(28-19(18)20(25)26)30-8-6-15(7-9-30)22(31)29-36(33,34)13-14-4-3-5-17(24)10-14/h3-6,11,15,20H,2,7-10,13H2,1H3,(H,29,31);3-5,10-11,15,20H,2,6-9,13H2,1H3,(H,29,31). The molecule has 0 bridgehead atoms. The molecule has 6 rings (SSSR count). The monoisotopic (exact) mass is 1080 g/mol. The summed E-state index contributed by atoms with van der Waals surface area (Å²) in [6, 6.07) is 18.3. The second-order valence-corrected chi connectivity index (χ2v) is 20.4. The van der Waals surface area contributed by atoms with Gasteiger partial charge in [0.15, 0.2) is 0 Å². The molecule has 2 fully saturated rings. The molecule has 2 saturated heterocycles. The minimum atomic E-state index is -3.96. The number of halogens is 6. The van der Waals surface area contributed by atoms with E-state index in [-0.39, 0.29) is 87.8 Å². The van der Waals surface area contributed by atoms with Gasteiger partial charge in [0.2, 0.25) is 31.9 Å². The molecule has 18 nitrogen and oxygen atoms in total. The quantitative estimate of drug-likeness (QED) is 0.0832. The Labute approximate surface area is 422 Å². The van der Waals surface area contributed by atoms with Gasteiger partial charge in [-0.05, 0) is 87.1 Å². The Kier molecular flexibility index (Phi) is 19.7. The fourth-order valence-electron chi connectivity index (χ4n) is 7.66. The zero-order valence-electron chi connectivity index (χ0n) is 38.4. The van der Waals surface area contributed by atoms with Crippen LogP contribution in [0.15, 0.2) is 60.7 Å². The van der Waals surface area contributed by atoms with Crippen LogP contribution in [0.3, 0.4) is 0 Å². The van der Waals surface area contributed by atoms with E-state index in [0.717, 1.165) is 12.1 Å². The van der Waals surface area contributed by atoms with E-state index in [9.17, 15) is 64.1 Å². The topological polar surface area (TPSA) is 259 Å². The first-order valence-electron chi connectivity index (χ1n) is 22.0. The van der Waals surface area contributed by atoms with Gasteiger partial charge in [-0.2, -0.15) is 10.5 Å². The number of aromatic nitrogens is 2. The minimum Gasteiger partial charge on any atom is -0.462 e. The Balaban J connectivity index is 0.000000267. The van der Waals surface area contributed by atoms with Crippen LogP contribution in [-0.4, -0.2) is 89.9 Å². The minimum absolute atomic E-state index is 0.0316. The van der Waals surface area contributed by atoms with Gasteiger partial charge in [0, 0.05) is 48.1 Å². The third-order valence-electron chi connectivity index (χ3n) is 11.1. The van der Waals surface area contributed by atoms with Crippen molar-refractivity contribution in [3.63, 3.8) is 0 Å². The molecule has 2 aliphatic rings. The summed E-state index contributed by atoms with van der Waals surface area (Å²) in [5.74, 6) is -5.50. The van der Waals surface area contributed by atoms with Crippen molar-refractivity contribution in [2.75, 3.05) is 49.2 Å². The highest BCUT2D eigenvalue weighted by atomic mass is 35.5. The van der Waals surface area contributed by atoms with Crippen LogP contribution in [-0.2, 0) is 50.6 Å². The predicted octanol–water partition coefficient (Wildman–Crippen LogP) is 7.17. The van der Waals surface area contributed by atoms with Gasteiger partial charge in [-0.15, -0.1) is 0 Å². The molecule has 384 valence electrons. The van der Waals surface area contributed by atoms with Crippen LogP contribution >= 0.6 is 23.2 Å². The van der Waals surface area contributed by atoms with Gasteiger partial charge in [0.05, 0.1) is 47.0 Å². The zero-order valence-corrected chi connectivity index (χ0v) is 41.6. The SMILES string of the molecule is CCOC(=O)c1cc(C#N)c(N2CCC(C(=O)NS(=O)(=O)Cc3ccc(Cl)cc3)CC2)nc1C(F)F.CCOC(=O)c1cc(C#N)c(N2CCC(C(=O)NS(=O)(=O)Cc3cccc(Cl)c3)CC2)nc1C(F)F. The number of benzene rings is 2. The molecule has 0 saturated carbocycles. The lowest BCUT2D eigenvalue weighted by Crippen LogP contribution is -2.43. The summed E-state index contributed by atoms with van der Waals surface area (Å²) < 4.78 is 118. The first kappa shape index (κ1) is 56.3. The number of carbonyl (C=O) groups is 4. The van der Waals surface area contributed by atoms with E-state index in [0.29, 0.717) is 21.2 Å². The molecule has 2 amide bonds. The number of alkyl halides is 4. The van der Waals surface area contributed by atoms with Gasteiger partial charge < -0.3 is 19.3 Å². The van der Waals surface area contributed by atoms with Crippen molar-refractivity contribution in [2.24, 2.45) is 11.8 Å². The van der Waals surface area contributed by atoms with Crippen LogP contribution in [0.1, 0.15) is 107 Å². The number of nitriles is 2. The molecule has 0 aliphatic carbocycles. The normalized spacial score (nSPS) is 14.4.